The summed E-state index contributed by atoms with van der Waals surface area (Å²) in [5, 5.41) is 14.2. The van der Waals surface area contributed by atoms with Crippen LogP contribution in [0.15, 0.2) is 30.3 Å². The summed E-state index contributed by atoms with van der Waals surface area (Å²) in [7, 11) is 0. The molecule has 0 aromatic heterocycles. The molecule has 2 nitrogen and oxygen atoms in total. The van der Waals surface area contributed by atoms with E-state index in [0.29, 0.717) is 5.92 Å². The number of fused-ring (bicyclic) bond motifs is 1. The van der Waals surface area contributed by atoms with Crippen molar-refractivity contribution in [2.75, 3.05) is 13.1 Å². The van der Waals surface area contributed by atoms with Gasteiger partial charge in [0.15, 0.2) is 0 Å². The van der Waals surface area contributed by atoms with E-state index >= 15 is 0 Å². The summed E-state index contributed by atoms with van der Waals surface area (Å²) in [4.78, 5) is 0. The van der Waals surface area contributed by atoms with Gasteiger partial charge in [-0.3, -0.25) is 0 Å². The molecule has 1 saturated heterocycles. The van der Waals surface area contributed by atoms with Crippen LogP contribution in [0.4, 0.5) is 0 Å². The van der Waals surface area contributed by atoms with Crippen LogP contribution in [0.25, 0.3) is 0 Å². The quantitative estimate of drug-likeness (QED) is 0.753. The van der Waals surface area contributed by atoms with Crippen LogP contribution in [0.2, 0.25) is 0 Å². The van der Waals surface area contributed by atoms with E-state index in [2.05, 4.69) is 24.4 Å². The van der Waals surface area contributed by atoms with Crippen molar-refractivity contribution < 1.29 is 5.11 Å². The number of rotatable bonds is 1. The van der Waals surface area contributed by atoms with Gasteiger partial charge in [0, 0.05) is 6.54 Å². The van der Waals surface area contributed by atoms with Crippen molar-refractivity contribution in [3.63, 3.8) is 0 Å². The van der Waals surface area contributed by atoms with Gasteiger partial charge in [-0.1, -0.05) is 37.3 Å². The molecule has 0 amide bonds. The lowest BCUT2D eigenvalue weighted by Gasteiger charge is -2.27. The maximum Gasteiger partial charge on any atom is 0.0905 e. The van der Waals surface area contributed by atoms with Gasteiger partial charge < -0.3 is 10.4 Å². The number of hydrogen-bond donors (Lipinski definition) is 2. The Balaban J connectivity index is 1.93. The molecule has 1 aromatic carbocycles. The Morgan fingerprint density at radius 3 is 2.75 bits per heavy atom. The second kappa shape index (κ2) is 3.31. The van der Waals surface area contributed by atoms with Crippen molar-refractivity contribution in [1.82, 2.24) is 5.32 Å². The third-order valence-electron chi connectivity index (χ3n) is 4.50. The fourth-order valence-corrected chi connectivity index (χ4v) is 3.56. The lowest BCUT2D eigenvalue weighted by molar-refractivity contribution is 0.0302. The third-order valence-corrected chi connectivity index (χ3v) is 4.50. The van der Waals surface area contributed by atoms with Crippen LogP contribution in [0.3, 0.4) is 0 Å². The highest BCUT2D eigenvalue weighted by Gasteiger charge is 2.53. The number of benzene rings is 1. The number of hydrogen-bond acceptors (Lipinski definition) is 2. The molecule has 1 aliphatic heterocycles. The van der Waals surface area contributed by atoms with Gasteiger partial charge >= 0.3 is 0 Å². The van der Waals surface area contributed by atoms with E-state index in [1.807, 2.05) is 18.2 Å². The molecule has 1 aliphatic carbocycles. The van der Waals surface area contributed by atoms with E-state index in [1.54, 1.807) is 0 Å². The summed E-state index contributed by atoms with van der Waals surface area (Å²) in [5.74, 6) is 0.623. The van der Waals surface area contributed by atoms with Crippen molar-refractivity contribution >= 4 is 0 Å². The molecule has 2 fully saturated rings. The minimum Gasteiger partial charge on any atom is -0.385 e. The molecule has 86 valence electrons. The summed E-state index contributed by atoms with van der Waals surface area (Å²) in [6, 6.07) is 10.1. The maximum absolute atomic E-state index is 10.8. The number of nitrogens with one attached hydrogen (secondary N) is 1. The fourth-order valence-electron chi connectivity index (χ4n) is 3.56. The average Bonchev–Trinajstić information content (AvgIpc) is 2.71. The normalized spacial score (nSPS) is 42.2. The molecule has 2 heteroatoms. The van der Waals surface area contributed by atoms with Gasteiger partial charge in [-0.05, 0) is 36.3 Å². The molecule has 0 radical (unpaired) electrons. The van der Waals surface area contributed by atoms with Crippen LogP contribution >= 0.6 is 0 Å². The second-order valence-electron chi connectivity index (χ2n) is 5.76. The Labute approximate surface area is 96.7 Å². The van der Waals surface area contributed by atoms with Crippen molar-refractivity contribution in [2.24, 2.45) is 11.3 Å². The lowest BCUT2D eigenvalue weighted by atomic mass is 9.82. The molecule has 1 aromatic rings. The molecule has 0 spiro atoms. The molecular formula is C14H19NO. The van der Waals surface area contributed by atoms with Gasteiger partial charge in [-0.25, -0.2) is 0 Å². The van der Waals surface area contributed by atoms with Gasteiger partial charge in [-0.2, -0.15) is 0 Å². The fraction of sp³-hybridized carbons (Fsp3) is 0.571. The van der Waals surface area contributed by atoms with E-state index in [-0.39, 0.29) is 5.41 Å². The molecule has 3 atom stereocenters. The number of aliphatic hydroxyl groups is 1. The molecule has 2 N–H and O–H groups in total. The first-order valence-electron chi connectivity index (χ1n) is 6.11. The van der Waals surface area contributed by atoms with Crippen LogP contribution in [0.1, 0.15) is 25.3 Å². The Hall–Kier alpha value is -0.860. The first kappa shape index (κ1) is 10.3. The molecule has 0 bridgehead atoms. The summed E-state index contributed by atoms with van der Waals surface area (Å²) in [6.07, 6.45) is 1.79. The molecule has 0 unspecified atom stereocenters. The van der Waals surface area contributed by atoms with Crippen molar-refractivity contribution in [2.45, 2.75) is 25.4 Å². The van der Waals surface area contributed by atoms with Crippen LogP contribution in [-0.2, 0) is 5.60 Å². The first-order chi connectivity index (χ1) is 7.62. The Kier molecular flexibility index (Phi) is 2.13. The molecule has 3 rings (SSSR count). The lowest BCUT2D eigenvalue weighted by Crippen LogP contribution is -2.28. The molecule has 1 heterocycles. The van der Waals surface area contributed by atoms with Crippen LogP contribution < -0.4 is 5.32 Å². The van der Waals surface area contributed by atoms with Crippen LogP contribution in [0, 0.1) is 11.3 Å². The first-order valence-corrected chi connectivity index (χ1v) is 6.11. The standard InChI is InChI=1S/C14H19NO/c1-13-9-14(16,7-12(13)8-15-10-13)11-5-3-2-4-6-11/h2-6,12,15-16H,7-10H2,1H3/t12-,13+,14-/m1/s1. The zero-order chi connectivity index (χ0) is 11.2. The topological polar surface area (TPSA) is 32.3 Å². The van der Waals surface area contributed by atoms with Gasteiger partial charge in [0.2, 0.25) is 0 Å². The Bertz CT molecular complexity index is 391. The highest BCUT2D eigenvalue weighted by Crippen LogP contribution is 2.54. The monoisotopic (exact) mass is 217 g/mol. The smallest absolute Gasteiger partial charge is 0.0905 e. The van der Waals surface area contributed by atoms with Gasteiger partial charge in [0.25, 0.3) is 0 Å². The largest absolute Gasteiger partial charge is 0.385 e. The predicted molar refractivity (Wildman–Crippen MR) is 64.0 cm³/mol. The van der Waals surface area contributed by atoms with E-state index in [9.17, 15) is 5.11 Å². The van der Waals surface area contributed by atoms with Crippen LogP contribution in [0.5, 0.6) is 0 Å². The van der Waals surface area contributed by atoms with Gasteiger partial charge in [0.05, 0.1) is 5.60 Å². The second-order valence-corrected chi connectivity index (χ2v) is 5.76. The van der Waals surface area contributed by atoms with Crippen molar-refractivity contribution in [3.8, 4) is 0 Å². The predicted octanol–water partition coefficient (Wildman–Crippen LogP) is 1.89. The third kappa shape index (κ3) is 1.40. The molecule has 16 heavy (non-hydrogen) atoms. The highest BCUT2D eigenvalue weighted by atomic mass is 16.3. The highest BCUT2D eigenvalue weighted by molar-refractivity contribution is 5.26. The van der Waals surface area contributed by atoms with Gasteiger partial charge in [-0.15, -0.1) is 0 Å². The zero-order valence-electron chi connectivity index (χ0n) is 9.74. The summed E-state index contributed by atoms with van der Waals surface area (Å²) in [6.45, 7) is 4.41. The summed E-state index contributed by atoms with van der Waals surface area (Å²) < 4.78 is 0. The minimum absolute atomic E-state index is 0.282. The van der Waals surface area contributed by atoms with Crippen LogP contribution in [-0.4, -0.2) is 18.2 Å². The van der Waals surface area contributed by atoms with E-state index in [0.717, 1.165) is 31.5 Å². The molecule has 2 aliphatic rings. The van der Waals surface area contributed by atoms with Crippen molar-refractivity contribution in [3.05, 3.63) is 35.9 Å². The minimum atomic E-state index is -0.594. The van der Waals surface area contributed by atoms with E-state index in [4.69, 9.17) is 0 Å². The maximum atomic E-state index is 10.8. The van der Waals surface area contributed by atoms with Crippen molar-refractivity contribution in [1.29, 1.82) is 0 Å². The Morgan fingerprint density at radius 1 is 1.31 bits per heavy atom. The zero-order valence-corrected chi connectivity index (χ0v) is 9.74. The average molecular weight is 217 g/mol. The summed E-state index contributed by atoms with van der Waals surface area (Å²) >= 11 is 0. The molecular weight excluding hydrogens is 198 g/mol. The van der Waals surface area contributed by atoms with E-state index < -0.39 is 5.60 Å². The molecule has 1 saturated carbocycles. The van der Waals surface area contributed by atoms with Gasteiger partial charge in [0.1, 0.15) is 0 Å². The SMILES string of the molecule is C[C@]12CNC[C@H]1C[C@](O)(c1ccccc1)C2. The Morgan fingerprint density at radius 2 is 2.06 bits per heavy atom. The van der Waals surface area contributed by atoms with E-state index in [1.165, 1.54) is 0 Å². The summed E-state index contributed by atoms with van der Waals surface area (Å²) in [5.41, 5.74) is 0.776.